The summed E-state index contributed by atoms with van der Waals surface area (Å²) in [4.78, 5) is 28.3. The zero-order chi connectivity index (χ0) is 27.1. The predicted octanol–water partition coefficient (Wildman–Crippen LogP) is 8.26. The van der Waals surface area contributed by atoms with Crippen LogP contribution in [0.5, 0.6) is 0 Å². The van der Waals surface area contributed by atoms with Gasteiger partial charge in [0.05, 0.1) is 21.8 Å². The standard InChI is InChI=1S/C27H27Cl2FN2O4S/c1-4-7-23(36-10-5-2)18-9-6-8-17(24(18)30)22-14-37-27(31-22)32-25(33)16-12-20(28)19(21(29)13-16)11-15(3)26(34)35/h6,8-9,11-14,23H,4-5,7,10H2,1-3H3,(H,34,35)(H,31,32,33)/b15-11+. The van der Waals surface area contributed by atoms with Crippen LogP contribution in [0.2, 0.25) is 10.0 Å². The number of carboxylic acid groups (broad SMARTS) is 1. The van der Waals surface area contributed by atoms with E-state index >= 15 is 4.39 Å². The second-order valence-electron chi connectivity index (χ2n) is 8.33. The first-order valence-corrected chi connectivity index (χ1v) is 13.4. The van der Waals surface area contributed by atoms with Gasteiger partial charge in [0, 0.05) is 39.8 Å². The molecule has 0 radical (unpaired) electrons. The summed E-state index contributed by atoms with van der Waals surface area (Å²) in [5.41, 5.74) is 1.72. The van der Waals surface area contributed by atoms with Gasteiger partial charge >= 0.3 is 5.97 Å². The summed E-state index contributed by atoms with van der Waals surface area (Å²) in [6.07, 6.45) is 3.40. The van der Waals surface area contributed by atoms with E-state index in [9.17, 15) is 9.59 Å². The van der Waals surface area contributed by atoms with Crippen molar-refractivity contribution in [1.29, 1.82) is 0 Å². The molecule has 6 nitrogen and oxygen atoms in total. The number of nitrogens with one attached hydrogen (secondary N) is 1. The van der Waals surface area contributed by atoms with Gasteiger partial charge in [-0.2, -0.15) is 0 Å². The Morgan fingerprint density at radius 2 is 1.92 bits per heavy atom. The molecule has 0 aliphatic heterocycles. The topological polar surface area (TPSA) is 88.5 Å². The number of ether oxygens (including phenoxy) is 1. The summed E-state index contributed by atoms with van der Waals surface area (Å²) in [5, 5.41) is 14.0. The maximum Gasteiger partial charge on any atom is 0.331 e. The number of amides is 1. The highest BCUT2D eigenvalue weighted by Crippen LogP contribution is 2.34. The van der Waals surface area contributed by atoms with Crippen molar-refractivity contribution in [2.75, 3.05) is 11.9 Å². The van der Waals surface area contributed by atoms with Gasteiger partial charge in [-0.25, -0.2) is 14.2 Å². The second-order valence-corrected chi connectivity index (χ2v) is 10.0. The van der Waals surface area contributed by atoms with E-state index in [1.807, 2.05) is 13.8 Å². The fourth-order valence-corrected chi connectivity index (χ4v) is 4.90. The van der Waals surface area contributed by atoms with Crippen LogP contribution in [-0.4, -0.2) is 28.6 Å². The predicted molar refractivity (Wildman–Crippen MR) is 147 cm³/mol. The van der Waals surface area contributed by atoms with Crippen molar-refractivity contribution in [1.82, 2.24) is 4.98 Å². The highest BCUT2D eigenvalue weighted by molar-refractivity contribution is 7.14. The SMILES string of the molecule is CCCOC(CCC)c1cccc(-c2csc(NC(=O)c3cc(Cl)c(/C=C(\C)C(=O)O)c(Cl)c3)n2)c1F. The number of anilines is 1. The van der Waals surface area contributed by atoms with Crippen molar-refractivity contribution < 1.29 is 23.8 Å². The number of hydrogen-bond donors (Lipinski definition) is 2. The van der Waals surface area contributed by atoms with Gasteiger partial charge in [-0.05, 0) is 44.0 Å². The highest BCUT2D eigenvalue weighted by Gasteiger charge is 2.21. The Bertz CT molecular complexity index is 1300. The number of aromatic nitrogens is 1. The Kier molecular flexibility index (Phi) is 10.2. The molecule has 1 unspecified atom stereocenters. The number of thiazole rings is 1. The zero-order valence-electron chi connectivity index (χ0n) is 20.6. The van der Waals surface area contributed by atoms with Gasteiger partial charge in [0.1, 0.15) is 5.82 Å². The molecule has 2 N–H and O–H groups in total. The molecule has 1 aromatic heterocycles. The fourth-order valence-electron chi connectivity index (χ4n) is 3.60. The Morgan fingerprint density at radius 1 is 1.22 bits per heavy atom. The number of nitrogens with zero attached hydrogens (tertiary/aromatic N) is 1. The van der Waals surface area contributed by atoms with Gasteiger partial charge in [0.15, 0.2) is 5.13 Å². The molecule has 1 amide bonds. The number of rotatable bonds is 11. The highest BCUT2D eigenvalue weighted by atomic mass is 35.5. The molecule has 0 saturated heterocycles. The third-order valence-electron chi connectivity index (χ3n) is 5.49. The van der Waals surface area contributed by atoms with Crippen LogP contribution in [0.1, 0.15) is 67.6 Å². The monoisotopic (exact) mass is 564 g/mol. The lowest BCUT2D eigenvalue weighted by molar-refractivity contribution is -0.132. The maximum absolute atomic E-state index is 15.5. The van der Waals surface area contributed by atoms with Crippen molar-refractivity contribution in [2.45, 2.75) is 46.1 Å². The van der Waals surface area contributed by atoms with Crippen LogP contribution in [0.15, 0.2) is 41.3 Å². The zero-order valence-corrected chi connectivity index (χ0v) is 22.9. The maximum atomic E-state index is 15.5. The number of carbonyl (C=O) groups excluding carboxylic acids is 1. The molecule has 0 fully saturated rings. The van der Waals surface area contributed by atoms with Crippen LogP contribution in [-0.2, 0) is 9.53 Å². The van der Waals surface area contributed by atoms with Crippen LogP contribution >= 0.6 is 34.5 Å². The van der Waals surface area contributed by atoms with E-state index in [0.717, 1.165) is 24.2 Å². The molecular weight excluding hydrogens is 538 g/mol. The minimum absolute atomic E-state index is 0.0468. The number of aliphatic carboxylic acids is 1. The van der Waals surface area contributed by atoms with Crippen molar-refractivity contribution in [3.8, 4) is 11.3 Å². The third kappa shape index (κ3) is 7.17. The first kappa shape index (κ1) is 28.8. The normalized spacial score (nSPS) is 12.4. The molecule has 0 bridgehead atoms. The van der Waals surface area contributed by atoms with Crippen molar-refractivity contribution in [2.24, 2.45) is 0 Å². The van der Waals surface area contributed by atoms with E-state index in [-0.39, 0.29) is 38.2 Å². The van der Waals surface area contributed by atoms with Gasteiger partial charge in [0.25, 0.3) is 5.91 Å². The molecule has 3 rings (SSSR count). The number of carboxylic acids is 1. The molecule has 2 aromatic carbocycles. The number of benzene rings is 2. The molecule has 0 aliphatic rings. The number of hydrogen-bond acceptors (Lipinski definition) is 5. The lowest BCUT2D eigenvalue weighted by Crippen LogP contribution is -2.12. The van der Waals surface area contributed by atoms with E-state index in [2.05, 4.69) is 10.3 Å². The summed E-state index contributed by atoms with van der Waals surface area (Å²) in [6.45, 7) is 6.00. The van der Waals surface area contributed by atoms with Crippen LogP contribution in [0, 0.1) is 5.82 Å². The number of halogens is 3. The molecule has 1 heterocycles. The van der Waals surface area contributed by atoms with Gasteiger partial charge in [-0.3, -0.25) is 10.1 Å². The Morgan fingerprint density at radius 3 is 2.54 bits per heavy atom. The summed E-state index contributed by atoms with van der Waals surface area (Å²) >= 11 is 13.7. The van der Waals surface area contributed by atoms with Crippen LogP contribution in [0.3, 0.4) is 0 Å². The van der Waals surface area contributed by atoms with Crippen LogP contribution in [0.4, 0.5) is 9.52 Å². The Balaban J connectivity index is 1.82. The van der Waals surface area contributed by atoms with Crippen LogP contribution in [0.25, 0.3) is 17.3 Å². The molecule has 1 atom stereocenters. The lowest BCUT2D eigenvalue weighted by atomic mass is 10.0. The van der Waals surface area contributed by atoms with Crippen LogP contribution < -0.4 is 5.32 Å². The molecule has 196 valence electrons. The first-order chi connectivity index (χ1) is 17.7. The first-order valence-electron chi connectivity index (χ1n) is 11.7. The summed E-state index contributed by atoms with van der Waals surface area (Å²) < 4.78 is 21.4. The Hall–Kier alpha value is -2.78. The average Bonchev–Trinajstić information content (AvgIpc) is 3.32. The molecule has 37 heavy (non-hydrogen) atoms. The van der Waals surface area contributed by atoms with E-state index in [1.165, 1.54) is 25.1 Å². The van der Waals surface area contributed by atoms with Gasteiger partial charge < -0.3 is 9.84 Å². The molecule has 3 aromatic rings. The minimum Gasteiger partial charge on any atom is -0.478 e. The van der Waals surface area contributed by atoms with Crippen molar-refractivity contribution in [3.05, 3.63) is 73.8 Å². The van der Waals surface area contributed by atoms with Gasteiger partial charge in [0.2, 0.25) is 0 Å². The minimum atomic E-state index is -1.11. The summed E-state index contributed by atoms with van der Waals surface area (Å²) in [5.74, 6) is -2.01. The quantitative estimate of drug-likeness (QED) is 0.229. The fraction of sp³-hybridized carbons (Fsp3) is 0.296. The van der Waals surface area contributed by atoms with E-state index in [0.29, 0.717) is 35.4 Å². The van der Waals surface area contributed by atoms with Gasteiger partial charge in [-0.15, -0.1) is 11.3 Å². The molecule has 10 heteroatoms. The van der Waals surface area contributed by atoms with E-state index < -0.39 is 11.9 Å². The lowest BCUT2D eigenvalue weighted by Gasteiger charge is -2.19. The Labute approximate surface area is 229 Å². The van der Waals surface area contributed by atoms with Crippen molar-refractivity contribution in [3.63, 3.8) is 0 Å². The third-order valence-corrected chi connectivity index (χ3v) is 6.87. The van der Waals surface area contributed by atoms with E-state index in [4.69, 9.17) is 33.0 Å². The summed E-state index contributed by atoms with van der Waals surface area (Å²) in [6, 6.07) is 7.94. The smallest absolute Gasteiger partial charge is 0.331 e. The van der Waals surface area contributed by atoms with E-state index in [1.54, 1.807) is 23.6 Å². The molecule has 0 spiro atoms. The average molecular weight is 565 g/mol. The van der Waals surface area contributed by atoms with Gasteiger partial charge in [-0.1, -0.05) is 55.6 Å². The largest absolute Gasteiger partial charge is 0.478 e. The van der Waals surface area contributed by atoms with Crippen molar-refractivity contribution >= 4 is 57.6 Å². The molecule has 0 saturated carbocycles. The second kappa shape index (κ2) is 13.1. The summed E-state index contributed by atoms with van der Waals surface area (Å²) in [7, 11) is 0. The molecule has 0 aliphatic carbocycles. The number of carbonyl (C=O) groups is 2. The molecular formula is C27H27Cl2FN2O4S.